The summed E-state index contributed by atoms with van der Waals surface area (Å²) in [6, 6.07) is 5.34. The maximum Gasteiger partial charge on any atom is 0.243 e. The van der Waals surface area contributed by atoms with Gasteiger partial charge in [-0.2, -0.15) is 0 Å². The lowest BCUT2D eigenvalue weighted by atomic mass is 10.1. The van der Waals surface area contributed by atoms with Crippen LogP contribution in [0.15, 0.2) is 35.2 Å². The van der Waals surface area contributed by atoms with Crippen LogP contribution >= 0.6 is 11.8 Å². The number of benzene rings is 2. The summed E-state index contributed by atoms with van der Waals surface area (Å²) in [7, 11) is 0. The van der Waals surface area contributed by atoms with Crippen LogP contribution in [0.5, 0.6) is 0 Å². The minimum Gasteiger partial charge on any atom is -0.346 e. The SMILES string of the molecule is CC(=O)c1ccc(SCC(=O)NCC(=O)Nc2ccc(F)c(F)c2F)c(F)c1. The van der Waals surface area contributed by atoms with E-state index < -0.39 is 47.3 Å². The molecule has 10 heteroatoms. The van der Waals surface area contributed by atoms with Gasteiger partial charge in [0.05, 0.1) is 18.0 Å². The van der Waals surface area contributed by atoms with Crippen LogP contribution in [0.1, 0.15) is 17.3 Å². The first-order valence-electron chi connectivity index (χ1n) is 7.82. The molecule has 0 aliphatic carbocycles. The van der Waals surface area contributed by atoms with E-state index in [1.807, 2.05) is 5.32 Å². The van der Waals surface area contributed by atoms with Gasteiger partial charge < -0.3 is 10.6 Å². The Hall–Kier alpha value is -2.88. The first-order valence-corrected chi connectivity index (χ1v) is 8.81. The van der Waals surface area contributed by atoms with Crippen LogP contribution in [0.25, 0.3) is 0 Å². The van der Waals surface area contributed by atoms with Crippen LogP contribution in [0, 0.1) is 23.3 Å². The molecule has 5 nitrogen and oxygen atoms in total. The van der Waals surface area contributed by atoms with Gasteiger partial charge in [-0.25, -0.2) is 17.6 Å². The monoisotopic (exact) mass is 414 g/mol. The average Bonchev–Trinajstić information content (AvgIpc) is 2.65. The fraction of sp³-hybridized carbons (Fsp3) is 0.167. The number of hydrogen-bond donors (Lipinski definition) is 2. The molecule has 0 fully saturated rings. The van der Waals surface area contributed by atoms with Crippen LogP contribution in [0.2, 0.25) is 0 Å². The van der Waals surface area contributed by atoms with Crippen LogP contribution in [-0.4, -0.2) is 29.9 Å². The zero-order valence-corrected chi connectivity index (χ0v) is 15.3. The number of hydrogen-bond acceptors (Lipinski definition) is 4. The molecule has 28 heavy (non-hydrogen) atoms. The second kappa shape index (κ2) is 9.36. The van der Waals surface area contributed by atoms with Gasteiger partial charge in [-0.3, -0.25) is 14.4 Å². The molecule has 2 amide bonds. The molecule has 148 valence electrons. The molecule has 0 heterocycles. The predicted molar refractivity (Wildman–Crippen MR) is 95.1 cm³/mol. The van der Waals surface area contributed by atoms with E-state index in [1.165, 1.54) is 19.1 Å². The standard InChI is InChI=1S/C18H14F4N2O3S/c1-9(25)10-2-5-14(12(20)6-10)28-8-16(27)23-7-15(26)24-13-4-3-11(19)17(21)18(13)22/h2-6H,7-8H2,1H3,(H,23,27)(H,24,26). The van der Waals surface area contributed by atoms with E-state index in [1.54, 1.807) is 0 Å². The highest BCUT2D eigenvalue weighted by Gasteiger charge is 2.16. The van der Waals surface area contributed by atoms with Crippen molar-refractivity contribution in [3.8, 4) is 0 Å². The molecule has 2 rings (SSSR count). The molecule has 0 saturated heterocycles. The molecule has 2 aromatic rings. The summed E-state index contributed by atoms with van der Waals surface area (Å²) in [6.07, 6.45) is 0. The average molecular weight is 414 g/mol. The summed E-state index contributed by atoms with van der Waals surface area (Å²) < 4.78 is 53.3. The van der Waals surface area contributed by atoms with Gasteiger partial charge in [-0.05, 0) is 31.2 Å². The lowest BCUT2D eigenvalue weighted by molar-refractivity contribution is -0.122. The van der Waals surface area contributed by atoms with Crippen molar-refractivity contribution >= 4 is 35.0 Å². The third kappa shape index (κ3) is 5.56. The van der Waals surface area contributed by atoms with Crippen molar-refractivity contribution in [2.75, 3.05) is 17.6 Å². The van der Waals surface area contributed by atoms with Crippen LogP contribution in [-0.2, 0) is 9.59 Å². The van der Waals surface area contributed by atoms with Crippen molar-refractivity contribution < 1.29 is 31.9 Å². The van der Waals surface area contributed by atoms with Gasteiger partial charge in [-0.15, -0.1) is 11.8 Å². The lowest BCUT2D eigenvalue weighted by Gasteiger charge is -2.09. The molecule has 0 unspecified atom stereocenters. The molecule has 0 atom stereocenters. The number of carbonyl (C=O) groups excluding carboxylic acids is 3. The highest BCUT2D eigenvalue weighted by atomic mass is 32.2. The molecule has 0 spiro atoms. The van der Waals surface area contributed by atoms with Crippen molar-refractivity contribution in [3.05, 3.63) is 59.2 Å². The Bertz CT molecular complexity index is 937. The van der Waals surface area contributed by atoms with E-state index in [0.717, 1.165) is 23.9 Å². The van der Waals surface area contributed by atoms with E-state index in [9.17, 15) is 31.9 Å². The summed E-state index contributed by atoms with van der Waals surface area (Å²) in [4.78, 5) is 34.8. The van der Waals surface area contributed by atoms with E-state index in [0.29, 0.717) is 6.07 Å². The third-order valence-electron chi connectivity index (χ3n) is 3.45. The first-order chi connectivity index (χ1) is 13.2. The number of thioether (sulfide) groups is 1. The number of nitrogens with one attached hydrogen (secondary N) is 2. The topological polar surface area (TPSA) is 75.3 Å². The minimum atomic E-state index is -1.73. The van der Waals surface area contributed by atoms with Crippen LogP contribution < -0.4 is 10.6 Å². The molecule has 0 aliphatic heterocycles. The van der Waals surface area contributed by atoms with Gasteiger partial charge in [0.1, 0.15) is 5.82 Å². The fourth-order valence-electron chi connectivity index (χ4n) is 2.03. The minimum absolute atomic E-state index is 0.147. The molecule has 2 aromatic carbocycles. The van der Waals surface area contributed by atoms with Gasteiger partial charge in [0, 0.05) is 10.5 Å². The molecule has 0 bridgehead atoms. The number of ketones is 1. The zero-order valence-electron chi connectivity index (χ0n) is 14.4. The van der Waals surface area contributed by atoms with Gasteiger partial charge in [-0.1, -0.05) is 6.07 Å². The molecule has 0 radical (unpaired) electrons. The summed E-state index contributed by atoms with van der Waals surface area (Å²) >= 11 is 0.856. The number of anilines is 1. The summed E-state index contributed by atoms with van der Waals surface area (Å²) in [5.41, 5.74) is -0.368. The van der Waals surface area contributed by atoms with Crippen molar-refractivity contribution in [1.82, 2.24) is 5.32 Å². The number of carbonyl (C=O) groups is 3. The fourth-order valence-corrected chi connectivity index (χ4v) is 2.78. The molecular weight excluding hydrogens is 400 g/mol. The van der Waals surface area contributed by atoms with Crippen LogP contribution in [0.3, 0.4) is 0 Å². The Morgan fingerprint density at radius 2 is 1.64 bits per heavy atom. The van der Waals surface area contributed by atoms with Crippen molar-refractivity contribution in [2.24, 2.45) is 0 Å². The summed E-state index contributed by atoms with van der Waals surface area (Å²) in [6.45, 7) is 0.746. The highest BCUT2D eigenvalue weighted by molar-refractivity contribution is 8.00. The summed E-state index contributed by atoms with van der Waals surface area (Å²) in [5.74, 6) is -7.32. The molecule has 2 N–H and O–H groups in total. The Morgan fingerprint density at radius 3 is 2.29 bits per heavy atom. The maximum absolute atomic E-state index is 13.9. The van der Waals surface area contributed by atoms with Gasteiger partial charge >= 0.3 is 0 Å². The lowest BCUT2D eigenvalue weighted by Crippen LogP contribution is -2.34. The Morgan fingerprint density at radius 1 is 0.929 bits per heavy atom. The summed E-state index contributed by atoms with van der Waals surface area (Å²) in [5, 5.41) is 4.23. The van der Waals surface area contributed by atoms with E-state index in [4.69, 9.17) is 0 Å². The van der Waals surface area contributed by atoms with Crippen molar-refractivity contribution in [2.45, 2.75) is 11.8 Å². The second-order valence-electron chi connectivity index (χ2n) is 5.54. The first kappa shape index (κ1) is 21.4. The van der Waals surface area contributed by atoms with Crippen LogP contribution in [0.4, 0.5) is 23.2 Å². The Kier molecular flexibility index (Phi) is 7.16. The highest BCUT2D eigenvalue weighted by Crippen LogP contribution is 2.23. The van der Waals surface area contributed by atoms with E-state index >= 15 is 0 Å². The maximum atomic E-state index is 13.9. The normalized spacial score (nSPS) is 10.5. The Labute approximate surface area is 161 Å². The second-order valence-corrected chi connectivity index (χ2v) is 6.56. The number of Topliss-reactive ketones (excluding diaryl/α,β-unsaturated/α-hetero) is 1. The molecule has 0 saturated carbocycles. The van der Waals surface area contributed by atoms with Gasteiger partial charge in [0.25, 0.3) is 0 Å². The Balaban J connectivity index is 1.83. The molecule has 0 aromatic heterocycles. The molecular formula is C18H14F4N2O3S. The number of rotatable bonds is 7. The molecule has 0 aliphatic rings. The van der Waals surface area contributed by atoms with E-state index in [-0.39, 0.29) is 22.0 Å². The smallest absolute Gasteiger partial charge is 0.243 e. The van der Waals surface area contributed by atoms with Crippen molar-refractivity contribution in [1.29, 1.82) is 0 Å². The predicted octanol–water partition coefficient (Wildman–Crippen LogP) is 3.29. The quantitative estimate of drug-likeness (QED) is 0.316. The van der Waals surface area contributed by atoms with Gasteiger partial charge in [0.15, 0.2) is 23.2 Å². The zero-order chi connectivity index (χ0) is 20.8. The van der Waals surface area contributed by atoms with Gasteiger partial charge in [0.2, 0.25) is 11.8 Å². The van der Waals surface area contributed by atoms with E-state index in [2.05, 4.69) is 5.32 Å². The number of halogens is 4. The largest absolute Gasteiger partial charge is 0.346 e. The van der Waals surface area contributed by atoms with Crippen molar-refractivity contribution in [3.63, 3.8) is 0 Å². The third-order valence-corrected chi connectivity index (χ3v) is 4.50. The number of amides is 2.